The molecule has 0 bridgehead atoms. The number of alkyl halides is 1. The van der Waals surface area contributed by atoms with Gasteiger partial charge in [-0.1, -0.05) is 41.9 Å². The summed E-state index contributed by atoms with van der Waals surface area (Å²) in [5.41, 5.74) is -0.409. The molecule has 1 N–H and O–H groups in total. The lowest BCUT2D eigenvalue weighted by Gasteiger charge is -2.42. The molecular formula is C9H17IO2. The van der Waals surface area contributed by atoms with Crippen molar-refractivity contribution in [3.63, 3.8) is 0 Å². The quantitative estimate of drug-likeness (QED) is 0.364. The maximum Gasteiger partial charge on any atom is 0.112 e. The van der Waals surface area contributed by atoms with Gasteiger partial charge in [0.1, 0.15) is 5.60 Å². The van der Waals surface area contributed by atoms with E-state index in [4.69, 9.17) is 5.26 Å². The van der Waals surface area contributed by atoms with Gasteiger partial charge in [0, 0.05) is 0 Å². The van der Waals surface area contributed by atoms with Crippen LogP contribution in [0.5, 0.6) is 0 Å². The van der Waals surface area contributed by atoms with E-state index in [1.165, 1.54) is 19.3 Å². The largest absolute Gasteiger partial charge is 0.251 e. The Bertz CT molecular complexity index is 151. The van der Waals surface area contributed by atoms with E-state index in [9.17, 15) is 0 Å². The predicted octanol–water partition coefficient (Wildman–Crippen LogP) is 3.39. The molecule has 1 rings (SSSR count). The molecule has 0 atom stereocenters. The van der Waals surface area contributed by atoms with E-state index in [1.807, 2.05) is 13.8 Å². The summed E-state index contributed by atoms with van der Waals surface area (Å²) in [7, 11) is 0. The van der Waals surface area contributed by atoms with Gasteiger partial charge in [0.25, 0.3) is 0 Å². The van der Waals surface area contributed by atoms with Crippen molar-refractivity contribution in [1.82, 2.24) is 0 Å². The first kappa shape index (κ1) is 10.7. The molecule has 0 aromatic rings. The monoisotopic (exact) mass is 284 g/mol. The molecule has 0 aromatic heterocycles. The van der Waals surface area contributed by atoms with Crippen LogP contribution >= 0.6 is 22.6 Å². The van der Waals surface area contributed by atoms with Crippen LogP contribution in [-0.2, 0) is 4.89 Å². The first-order valence-electron chi connectivity index (χ1n) is 4.53. The Kier molecular flexibility index (Phi) is 3.40. The van der Waals surface area contributed by atoms with Crippen molar-refractivity contribution < 1.29 is 10.1 Å². The molecule has 0 aromatic carbocycles. The third kappa shape index (κ3) is 1.93. The van der Waals surface area contributed by atoms with Crippen molar-refractivity contribution in [3.8, 4) is 0 Å². The third-order valence-corrected chi connectivity index (χ3v) is 5.33. The molecule has 0 radical (unpaired) electrons. The zero-order valence-corrected chi connectivity index (χ0v) is 9.93. The summed E-state index contributed by atoms with van der Waals surface area (Å²) in [6.45, 7) is 3.93. The Morgan fingerprint density at radius 1 is 1.25 bits per heavy atom. The van der Waals surface area contributed by atoms with Crippen molar-refractivity contribution in [2.24, 2.45) is 0 Å². The number of rotatable bonds is 2. The van der Waals surface area contributed by atoms with E-state index in [-0.39, 0.29) is 3.42 Å². The first-order valence-corrected chi connectivity index (χ1v) is 5.61. The zero-order chi connectivity index (χ0) is 9.24. The molecule has 1 aliphatic carbocycles. The lowest BCUT2D eigenvalue weighted by atomic mass is 9.79. The molecule has 1 aliphatic rings. The molecule has 0 heterocycles. The standard InChI is InChI=1S/C9H17IO2/c1-8(2,12-11)9(10)6-4-3-5-7-9/h11H,3-7H2,1-2H3. The molecule has 0 amide bonds. The molecule has 0 spiro atoms. The van der Waals surface area contributed by atoms with Crippen LogP contribution in [0.4, 0.5) is 0 Å². The second kappa shape index (κ2) is 3.80. The minimum atomic E-state index is -0.409. The van der Waals surface area contributed by atoms with Gasteiger partial charge in [-0.3, -0.25) is 5.26 Å². The first-order chi connectivity index (χ1) is 5.52. The fourth-order valence-corrected chi connectivity index (χ4v) is 2.66. The summed E-state index contributed by atoms with van der Waals surface area (Å²) in [5.74, 6) is 0. The van der Waals surface area contributed by atoms with Crippen molar-refractivity contribution in [2.75, 3.05) is 0 Å². The van der Waals surface area contributed by atoms with Gasteiger partial charge in [0.2, 0.25) is 0 Å². The van der Waals surface area contributed by atoms with Crippen LogP contribution in [-0.4, -0.2) is 14.3 Å². The highest BCUT2D eigenvalue weighted by Crippen LogP contribution is 2.45. The van der Waals surface area contributed by atoms with Gasteiger partial charge in [-0.05, 0) is 26.7 Å². The normalized spacial score (nSPS) is 24.0. The highest BCUT2D eigenvalue weighted by Gasteiger charge is 2.44. The second-order valence-electron chi connectivity index (χ2n) is 4.13. The van der Waals surface area contributed by atoms with Crippen LogP contribution in [0.25, 0.3) is 0 Å². The minimum absolute atomic E-state index is 0.123. The fourth-order valence-electron chi connectivity index (χ4n) is 1.80. The highest BCUT2D eigenvalue weighted by molar-refractivity contribution is 14.1. The van der Waals surface area contributed by atoms with E-state index in [0.717, 1.165) is 12.8 Å². The van der Waals surface area contributed by atoms with Gasteiger partial charge >= 0.3 is 0 Å². The Morgan fingerprint density at radius 2 is 1.75 bits per heavy atom. The SMILES string of the molecule is CC(C)(OO)C1(I)CCCCC1. The molecule has 2 nitrogen and oxygen atoms in total. The summed E-state index contributed by atoms with van der Waals surface area (Å²) < 4.78 is 0.123. The van der Waals surface area contributed by atoms with E-state index in [0.29, 0.717) is 0 Å². The Labute approximate surface area is 87.8 Å². The summed E-state index contributed by atoms with van der Waals surface area (Å²) in [6, 6.07) is 0. The number of halogens is 1. The summed E-state index contributed by atoms with van der Waals surface area (Å²) in [6.07, 6.45) is 6.15. The minimum Gasteiger partial charge on any atom is -0.251 e. The molecular weight excluding hydrogens is 267 g/mol. The van der Waals surface area contributed by atoms with Crippen LogP contribution < -0.4 is 0 Å². The predicted molar refractivity (Wildman–Crippen MR) is 57.6 cm³/mol. The molecule has 1 saturated carbocycles. The van der Waals surface area contributed by atoms with Crippen molar-refractivity contribution in [3.05, 3.63) is 0 Å². The molecule has 72 valence electrons. The number of hydrogen-bond donors (Lipinski definition) is 1. The van der Waals surface area contributed by atoms with Crippen molar-refractivity contribution in [2.45, 2.75) is 55.0 Å². The molecule has 1 fully saturated rings. The molecule has 0 aliphatic heterocycles. The number of hydrogen-bond acceptors (Lipinski definition) is 2. The molecule has 12 heavy (non-hydrogen) atoms. The maximum absolute atomic E-state index is 8.81. The maximum atomic E-state index is 8.81. The van der Waals surface area contributed by atoms with Crippen LogP contribution in [0, 0.1) is 0 Å². The van der Waals surface area contributed by atoms with E-state index in [1.54, 1.807) is 0 Å². The topological polar surface area (TPSA) is 29.5 Å². The Balaban J connectivity index is 2.68. The van der Waals surface area contributed by atoms with Gasteiger partial charge in [0.15, 0.2) is 0 Å². The lowest BCUT2D eigenvalue weighted by molar-refractivity contribution is -0.321. The van der Waals surface area contributed by atoms with Crippen LogP contribution in [0.3, 0.4) is 0 Å². The molecule has 3 heteroatoms. The van der Waals surface area contributed by atoms with Gasteiger partial charge < -0.3 is 0 Å². The average molecular weight is 284 g/mol. The van der Waals surface area contributed by atoms with Gasteiger partial charge in [-0.15, -0.1) is 0 Å². The summed E-state index contributed by atoms with van der Waals surface area (Å²) in [5, 5.41) is 8.81. The fraction of sp³-hybridized carbons (Fsp3) is 1.00. The van der Waals surface area contributed by atoms with Gasteiger partial charge in [-0.25, -0.2) is 4.89 Å². The van der Waals surface area contributed by atoms with Crippen LogP contribution in [0.1, 0.15) is 46.0 Å². The average Bonchev–Trinajstić information content (AvgIpc) is 2.06. The summed E-state index contributed by atoms with van der Waals surface area (Å²) in [4.78, 5) is 4.57. The highest BCUT2D eigenvalue weighted by atomic mass is 127. The van der Waals surface area contributed by atoms with Gasteiger partial charge in [-0.2, -0.15) is 0 Å². The van der Waals surface area contributed by atoms with Gasteiger partial charge in [0.05, 0.1) is 3.42 Å². The zero-order valence-electron chi connectivity index (χ0n) is 7.77. The molecule has 0 saturated heterocycles. The van der Waals surface area contributed by atoms with E-state index < -0.39 is 5.60 Å². The van der Waals surface area contributed by atoms with E-state index in [2.05, 4.69) is 27.5 Å². The van der Waals surface area contributed by atoms with Crippen molar-refractivity contribution in [1.29, 1.82) is 0 Å². The van der Waals surface area contributed by atoms with Crippen molar-refractivity contribution >= 4 is 22.6 Å². The molecule has 0 unspecified atom stereocenters. The Hall–Kier alpha value is 0.650. The van der Waals surface area contributed by atoms with E-state index >= 15 is 0 Å². The second-order valence-corrected chi connectivity index (χ2v) is 6.19. The Morgan fingerprint density at radius 3 is 2.17 bits per heavy atom. The summed E-state index contributed by atoms with van der Waals surface area (Å²) >= 11 is 2.45. The van der Waals surface area contributed by atoms with Crippen LogP contribution in [0.2, 0.25) is 0 Å². The van der Waals surface area contributed by atoms with Crippen LogP contribution in [0.15, 0.2) is 0 Å². The smallest absolute Gasteiger partial charge is 0.112 e. The lowest BCUT2D eigenvalue weighted by Crippen LogP contribution is -2.47. The third-order valence-electron chi connectivity index (χ3n) is 2.95.